The molecule has 0 saturated carbocycles. The van der Waals surface area contributed by atoms with Gasteiger partial charge in [0.05, 0.1) is 12.1 Å². The van der Waals surface area contributed by atoms with Crippen LogP contribution >= 0.6 is 11.3 Å². The average Bonchev–Trinajstić information content (AvgIpc) is 2.89. The zero-order chi connectivity index (χ0) is 15.9. The molecule has 1 N–H and O–H groups in total. The summed E-state index contributed by atoms with van der Waals surface area (Å²) in [5, 5.41) is 2.50. The lowest BCUT2D eigenvalue weighted by molar-refractivity contribution is -0.137. The second-order valence-corrected chi connectivity index (χ2v) is 5.84. The number of alkyl halides is 3. The molecule has 0 aliphatic heterocycles. The second kappa shape index (κ2) is 8.70. The van der Waals surface area contributed by atoms with E-state index in [2.05, 4.69) is 10.3 Å². The number of hydrogen-bond acceptors (Lipinski definition) is 4. The van der Waals surface area contributed by atoms with Crippen molar-refractivity contribution in [3.05, 3.63) is 16.1 Å². The molecule has 1 heterocycles. The lowest BCUT2D eigenvalue weighted by Gasteiger charge is -2.26. The first-order chi connectivity index (χ1) is 9.93. The van der Waals surface area contributed by atoms with Gasteiger partial charge in [-0.3, -0.25) is 0 Å². The van der Waals surface area contributed by atoms with Crippen LogP contribution in [0, 0.1) is 0 Å². The highest BCUT2D eigenvalue weighted by molar-refractivity contribution is 7.11. The van der Waals surface area contributed by atoms with Crippen molar-refractivity contribution in [2.75, 3.05) is 13.2 Å². The third-order valence-electron chi connectivity index (χ3n) is 3.01. The molecule has 2 unspecified atom stereocenters. The SMILES string of the molecule is CCCNC(c1cnc(C(F)(F)F)s1)C(CCC)OCC. The Kier molecular flexibility index (Phi) is 7.62. The van der Waals surface area contributed by atoms with Crippen LogP contribution in [-0.2, 0) is 10.9 Å². The van der Waals surface area contributed by atoms with E-state index in [1.54, 1.807) is 0 Å². The smallest absolute Gasteiger partial charge is 0.376 e. The quantitative estimate of drug-likeness (QED) is 0.731. The minimum Gasteiger partial charge on any atom is -0.376 e. The average molecular weight is 324 g/mol. The van der Waals surface area contributed by atoms with Crippen molar-refractivity contribution < 1.29 is 17.9 Å². The van der Waals surface area contributed by atoms with Crippen LogP contribution in [0.4, 0.5) is 13.2 Å². The molecule has 1 rings (SSSR count). The first-order valence-electron chi connectivity index (χ1n) is 7.31. The van der Waals surface area contributed by atoms with E-state index in [0.29, 0.717) is 22.8 Å². The lowest BCUT2D eigenvalue weighted by Crippen LogP contribution is -2.34. The van der Waals surface area contributed by atoms with Crippen LogP contribution < -0.4 is 5.32 Å². The minimum atomic E-state index is -4.38. The number of ether oxygens (including phenoxy) is 1. The summed E-state index contributed by atoms with van der Waals surface area (Å²) in [6.07, 6.45) is -0.569. The molecule has 0 aromatic carbocycles. The third-order valence-corrected chi connectivity index (χ3v) is 4.14. The fraction of sp³-hybridized carbons (Fsp3) is 0.786. The van der Waals surface area contributed by atoms with E-state index in [0.717, 1.165) is 25.8 Å². The van der Waals surface area contributed by atoms with Gasteiger partial charge in [-0.05, 0) is 26.3 Å². The Morgan fingerprint density at radius 2 is 2.00 bits per heavy atom. The Morgan fingerprint density at radius 3 is 2.48 bits per heavy atom. The zero-order valence-corrected chi connectivity index (χ0v) is 13.5. The fourth-order valence-corrected chi connectivity index (χ4v) is 3.03. The van der Waals surface area contributed by atoms with E-state index in [-0.39, 0.29) is 12.1 Å². The third kappa shape index (κ3) is 5.56. The Balaban J connectivity index is 2.96. The normalized spacial score (nSPS) is 15.1. The van der Waals surface area contributed by atoms with E-state index >= 15 is 0 Å². The van der Waals surface area contributed by atoms with Gasteiger partial charge in [-0.15, -0.1) is 11.3 Å². The Hall–Kier alpha value is -0.660. The lowest BCUT2D eigenvalue weighted by atomic mass is 10.0. The maximum atomic E-state index is 12.7. The van der Waals surface area contributed by atoms with Crippen LogP contribution in [-0.4, -0.2) is 24.2 Å². The number of thiazole rings is 1. The van der Waals surface area contributed by atoms with E-state index in [9.17, 15) is 13.2 Å². The van der Waals surface area contributed by atoms with Gasteiger partial charge in [0.2, 0.25) is 0 Å². The summed E-state index contributed by atoms with van der Waals surface area (Å²) in [6.45, 7) is 7.23. The minimum absolute atomic E-state index is 0.131. The van der Waals surface area contributed by atoms with Crippen LogP contribution in [0.3, 0.4) is 0 Å². The van der Waals surface area contributed by atoms with Crippen LogP contribution in [0.15, 0.2) is 6.20 Å². The molecular formula is C14H23F3N2OS. The molecule has 122 valence electrons. The van der Waals surface area contributed by atoms with Crippen molar-refractivity contribution in [1.82, 2.24) is 10.3 Å². The van der Waals surface area contributed by atoms with E-state index in [1.165, 1.54) is 6.20 Å². The number of nitrogens with one attached hydrogen (secondary N) is 1. The Morgan fingerprint density at radius 1 is 1.29 bits per heavy atom. The van der Waals surface area contributed by atoms with Crippen molar-refractivity contribution in [1.29, 1.82) is 0 Å². The standard InChI is InChI=1S/C14H23F3N2OS/c1-4-7-10(20-6-3)12(18-8-5-2)11-9-19-13(21-11)14(15,16)17/h9-10,12,18H,4-8H2,1-3H3. The molecule has 0 radical (unpaired) electrons. The van der Waals surface area contributed by atoms with Crippen molar-refractivity contribution in [3.63, 3.8) is 0 Å². The van der Waals surface area contributed by atoms with Gasteiger partial charge < -0.3 is 10.1 Å². The molecule has 0 amide bonds. The highest BCUT2D eigenvalue weighted by atomic mass is 32.1. The van der Waals surface area contributed by atoms with Crippen LogP contribution in [0.5, 0.6) is 0 Å². The molecular weight excluding hydrogens is 301 g/mol. The molecule has 0 fully saturated rings. The number of rotatable bonds is 9. The molecule has 3 nitrogen and oxygen atoms in total. The van der Waals surface area contributed by atoms with Gasteiger partial charge in [-0.2, -0.15) is 13.2 Å². The monoisotopic (exact) mass is 324 g/mol. The maximum Gasteiger partial charge on any atom is 0.443 e. The summed E-state index contributed by atoms with van der Waals surface area (Å²) in [4.78, 5) is 4.10. The van der Waals surface area contributed by atoms with Gasteiger partial charge >= 0.3 is 6.18 Å². The molecule has 0 aliphatic rings. The first kappa shape index (κ1) is 18.4. The summed E-state index contributed by atoms with van der Waals surface area (Å²) in [5.74, 6) is 0. The molecule has 1 aromatic heterocycles. The molecule has 21 heavy (non-hydrogen) atoms. The molecule has 2 atom stereocenters. The second-order valence-electron chi connectivity index (χ2n) is 4.78. The number of nitrogens with zero attached hydrogens (tertiary/aromatic N) is 1. The van der Waals surface area contributed by atoms with Crippen molar-refractivity contribution in [2.24, 2.45) is 0 Å². The zero-order valence-electron chi connectivity index (χ0n) is 12.7. The summed E-state index contributed by atoms with van der Waals surface area (Å²) in [7, 11) is 0. The topological polar surface area (TPSA) is 34.2 Å². The molecule has 1 aromatic rings. The molecule has 0 spiro atoms. The van der Waals surface area contributed by atoms with Crippen LogP contribution in [0.1, 0.15) is 56.0 Å². The fourth-order valence-electron chi connectivity index (χ4n) is 2.12. The van der Waals surface area contributed by atoms with Gasteiger partial charge in [0.1, 0.15) is 0 Å². The first-order valence-corrected chi connectivity index (χ1v) is 8.13. The summed E-state index contributed by atoms with van der Waals surface area (Å²) < 4.78 is 43.9. The van der Waals surface area contributed by atoms with E-state index in [4.69, 9.17) is 4.74 Å². The molecule has 0 aliphatic carbocycles. The van der Waals surface area contributed by atoms with Crippen molar-refractivity contribution in [2.45, 2.75) is 58.4 Å². The molecule has 0 bridgehead atoms. The number of hydrogen-bond donors (Lipinski definition) is 1. The van der Waals surface area contributed by atoms with Crippen molar-refractivity contribution >= 4 is 11.3 Å². The predicted molar refractivity (Wildman–Crippen MR) is 78.5 cm³/mol. The van der Waals surface area contributed by atoms with E-state index in [1.807, 2.05) is 20.8 Å². The van der Waals surface area contributed by atoms with Crippen LogP contribution in [0.25, 0.3) is 0 Å². The Bertz CT molecular complexity index is 403. The van der Waals surface area contributed by atoms with Gasteiger partial charge in [0.15, 0.2) is 5.01 Å². The van der Waals surface area contributed by atoms with Gasteiger partial charge in [-0.1, -0.05) is 20.3 Å². The molecule has 0 saturated heterocycles. The number of aromatic nitrogens is 1. The summed E-state index contributed by atoms with van der Waals surface area (Å²) >= 11 is 0.700. The van der Waals surface area contributed by atoms with Gasteiger partial charge in [0, 0.05) is 17.7 Å². The molecule has 7 heteroatoms. The predicted octanol–water partition coefficient (Wildman–Crippen LogP) is 4.41. The largest absolute Gasteiger partial charge is 0.443 e. The Labute approximate surface area is 127 Å². The summed E-state index contributed by atoms with van der Waals surface area (Å²) in [6, 6.07) is -0.238. The summed E-state index contributed by atoms with van der Waals surface area (Å²) in [5.41, 5.74) is 0. The van der Waals surface area contributed by atoms with Gasteiger partial charge in [0.25, 0.3) is 0 Å². The van der Waals surface area contributed by atoms with Gasteiger partial charge in [-0.25, -0.2) is 4.98 Å². The maximum absolute atomic E-state index is 12.7. The number of halogens is 3. The van der Waals surface area contributed by atoms with Crippen molar-refractivity contribution in [3.8, 4) is 0 Å². The van der Waals surface area contributed by atoms with E-state index < -0.39 is 11.2 Å². The highest BCUT2D eigenvalue weighted by Gasteiger charge is 2.36. The highest BCUT2D eigenvalue weighted by Crippen LogP contribution is 2.36. The van der Waals surface area contributed by atoms with Crippen LogP contribution in [0.2, 0.25) is 0 Å².